The van der Waals surface area contributed by atoms with E-state index in [1.807, 2.05) is 7.05 Å². The van der Waals surface area contributed by atoms with Crippen LogP contribution in [-0.2, 0) is 0 Å². The molecule has 0 unspecified atom stereocenters. The van der Waals surface area contributed by atoms with Gasteiger partial charge in [-0.05, 0) is 65.7 Å². The molecule has 2 rings (SSSR count). The maximum Gasteiger partial charge on any atom is 0.0221 e. The summed E-state index contributed by atoms with van der Waals surface area (Å²) in [5, 5.41) is 25.8. The Bertz CT molecular complexity index is 409. The Morgan fingerprint density at radius 2 is 1.16 bits per heavy atom. The summed E-state index contributed by atoms with van der Waals surface area (Å²) in [5.41, 5.74) is 0. The summed E-state index contributed by atoms with van der Waals surface area (Å²) >= 11 is 0. The third-order valence-electron chi connectivity index (χ3n) is 6.95. The maximum absolute atomic E-state index is 3.97. The van der Waals surface area contributed by atoms with Crippen molar-refractivity contribution in [3.8, 4) is 0 Å². The second-order valence-electron chi connectivity index (χ2n) is 9.56. The van der Waals surface area contributed by atoms with Crippen molar-refractivity contribution < 1.29 is 0 Å². The van der Waals surface area contributed by atoms with E-state index in [0.29, 0.717) is 24.2 Å². The van der Waals surface area contributed by atoms with Gasteiger partial charge in [0.2, 0.25) is 0 Å². The standard InChI is InChI=1S/C24H53N7/c1-25-13-7-5-9-21-19-30-22(10-6-8-14-26-2)20-31-24-12-4-3-11-23(24)29-18-16-27-15-17-28-21/h21-31H,3-20H2,1-2H3/t21-,22+,23-,24-/m0/s1. The molecular formula is C24H53N7. The smallest absolute Gasteiger partial charge is 0.0221 e. The van der Waals surface area contributed by atoms with E-state index in [-0.39, 0.29) is 0 Å². The Morgan fingerprint density at radius 3 is 1.81 bits per heavy atom. The van der Waals surface area contributed by atoms with Gasteiger partial charge in [0.05, 0.1) is 0 Å². The van der Waals surface area contributed by atoms with Crippen LogP contribution >= 0.6 is 0 Å². The molecule has 1 saturated carbocycles. The lowest BCUT2D eigenvalue weighted by atomic mass is 9.90. The van der Waals surface area contributed by atoms with Gasteiger partial charge in [-0.2, -0.15) is 0 Å². The minimum absolute atomic E-state index is 0.559. The Balaban J connectivity index is 1.91. The summed E-state index contributed by atoms with van der Waals surface area (Å²) in [6.45, 7) is 8.64. The Hall–Kier alpha value is -0.280. The number of rotatable bonds is 10. The topological polar surface area (TPSA) is 84.2 Å². The minimum atomic E-state index is 0.559. The van der Waals surface area contributed by atoms with Crippen LogP contribution in [0.3, 0.4) is 0 Å². The lowest BCUT2D eigenvalue weighted by Gasteiger charge is -2.34. The van der Waals surface area contributed by atoms with Gasteiger partial charge in [-0.15, -0.1) is 0 Å². The summed E-state index contributed by atoms with van der Waals surface area (Å²) in [7, 11) is 4.10. The third-order valence-corrected chi connectivity index (χ3v) is 6.95. The van der Waals surface area contributed by atoms with Gasteiger partial charge in [0.25, 0.3) is 0 Å². The zero-order chi connectivity index (χ0) is 22.0. The molecule has 184 valence electrons. The van der Waals surface area contributed by atoms with Gasteiger partial charge in [0.15, 0.2) is 0 Å². The summed E-state index contributed by atoms with van der Waals surface area (Å²) in [5.74, 6) is 0. The predicted octanol–water partition coefficient (Wildman–Crippen LogP) is 0.776. The third kappa shape index (κ3) is 12.5. The monoisotopic (exact) mass is 439 g/mol. The number of hydrogen-bond donors (Lipinski definition) is 7. The van der Waals surface area contributed by atoms with Gasteiger partial charge in [-0.25, -0.2) is 0 Å². The van der Waals surface area contributed by atoms with Crippen LogP contribution in [0.1, 0.15) is 64.2 Å². The van der Waals surface area contributed by atoms with Crippen LogP contribution in [0.5, 0.6) is 0 Å². The van der Waals surface area contributed by atoms with E-state index in [0.717, 1.165) is 52.4 Å². The zero-order valence-corrected chi connectivity index (χ0v) is 20.5. The summed E-state index contributed by atoms with van der Waals surface area (Å²) < 4.78 is 0. The first kappa shape index (κ1) is 27.0. The first-order valence-corrected chi connectivity index (χ1v) is 13.3. The van der Waals surface area contributed by atoms with Gasteiger partial charge in [-0.1, -0.05) is 25.7 Å². The summed E-state index contributed by atoms with van der Waals surface area (Å²) in [6, 6.07) is 2.37. The molecular weight excluding hydrogens is 386 g/mol. The van der Waals surface area contributed by atoms with Crippen LogP contribution < -0.4 is 37.2 Å². The number of fused-ring (bicyclic) bond motifs is 1. The molecule has 7 N–H and O–H groups in total. The molecule has 7 nitrogen and oxygen atoms in total. The molecule has 4 atom stereocenters. The van der Waals surface area contributed by atoms with E-state index in [2.05, 4.69) is 44.3 Å². The fourth-order valence-electron chi connectivity index (χ4n) is 5.00. The second kappa shape index (κ2) is 18.2. The highest BCUT2D eigenvalue weighted by molar-refractivity contribution is 4.88. The Labute approximate surface area is 192 Å². The SMILES string of the molecule is CNCCCC[C@@H]1CN[C@H]2CCCC[C@@H]2NCCNCCN[C@@H](CCCCNC)CN1. The van der Waals surface area contributed by atoms with E-state index in [9.17, 15) is 0 Å². The molecule has 2 aliphatic rings. The first-order chi connectivity index (χ1) is 15.3. The lowest BCUT2D eigenvalue weighted by molar-refractivity contribution is 0.271. The lowest BCUT2D eigenvalue weighted by Crippen LogP contribution is -2.54. The molecule has 31 heavy (non-hydrogen) atoms. The van der Waals surface area contributed by atoms with E-state index in [1.165, 1.54) is 64.2 Å². The van der Waals surface area contributed by atoms with Crippen molar-refractivity contribution >= 4 is 0 Å². The maximum atomic E-state index is 3.97. The van der Waals surface area contributed by atoms with Crippen LogP contribution in [0.4, 0.5) is 0 Å². The number of unbranched alkanes of at least 4 members (excludes halogenated alkanes) is 2. The summed E-state index contributed by atoms with van der Waals surface area (Å²) in [6.07, 6.45) is 13.0. The fraction of sp³-hybridized carbons (Fsp3) is 1.00. The highest BCUT2D eigenvalue weighted by Gasteiger charge is 2.25. The highest BCUT2D eigenvalue weighted by Crippen LogP contribution is 2.18. The van der Waals surface area contributed by atoms with E-state index in [1.54, 1.807) is 0 Å². The predicted molar refractivity (Wildman–Crippen MR) is 134 cm³/mol. The van der Waals surface area contributed by atoms with E-state index < -0.39 is 0 Å². The molecule has 1 saturated heterocycles. The average Bonchev–Trinajstić information content (AvgIpc) is 2.80. The van der Waals surface area contributed by atoms with Gasteiger partial charge >= 0.3 is 0 Å². The molecule has 1 aliphatic carbocycles. The molecule has 1 aliphatic heterocycles. The Kier molecular flexibility index (Phi) is 15.8. The van der Waals surface area contributed by atoms with Gasteiger partial charge in [0, 0.05) is 63.4 Å². The minimum Gasteiger partial charge on any atom is -0.320 e. The van der Waals surface area contributed by atoms with Crippen molar-refractivity contribution in [1.29, 1.82) is 0 Å². The van der Waals surface area contributed by atoms with E-state index in [4.69, 9.17) is 0 Å². The van der Waals surface area contributed by atoms with E-state index >= 15 is 0 Å². The Morgan fingerprint density at radius 1 is 0.613 bits per heavy atom. The number of hydrogen-bond acceptors (Lipinski definition) is 7. The highest BCUT2D eigenvalue weighted by atomic mass is 15.1. The molecule has 0 aromatic carbocycles. The van der Waals surface area contributed by atoms with Crippen molar-refractivity contribution in [1.82, 2.24) is 37.2 Å². The van der Waals surface area contributed by atoms with Crippen LogP contribution in [0.25, 0.3) is 0 Å². The van der Waals surface area contributed by atoms with Crippen molar-refractivity contribution in [3.63, 3.8) is 0 Å². The fourth-order valence-corrected chi connectivity index (χ4v) is 5.00. The van der Waals surface area contributed by atoms with Crippen molar-refractivity contribution in [2.45, 2.75) is 88.4 Å². The van der Waals surface area contributed by atoms with Crippen molar-refractivity contribution in [2.24, 2.45) is 0 Å². The van der Waals surface area contributed by atoms with Gasteiger partial charge in [-0.3, -0.25) is 0 Å². The average molecular weight is 440 g/mol. The van der Waals surface area contributed by atoms with Crippen LogP contribution in [-0.4, -0.2) is 90.6 Å². The largest absolute Gasteiger partial charge is 0.320 e. The molecule has 0 bridgehead atoms. The molecule has 0 radical (unpaired) electrons. The van der Waals surface area contributed by atoms with Crippen LogP contribution in [0.15, 0.2) is 0 Å². The van der Waals surface area contributed by atoms with Gasteiger partial charge in [0.1, 0.15) is 0 Å². The molecule has 0 aromatic rings. The molecule has 0 amide bonds. The molecule has 1 heterocycles. The number of nitrogens with one attached hydrogen (secondary N) is 7. The van der Waals surface area contributed by atoms with Crippen LogP contribution in [0.2, 0.25) is 0 Å². The molecule has 0 spiro atoms. The zero-order valence-electron chi connectivity index (χ0n) is 20.5. The van der Waals surface area contributed by atoms with Gasteiger partial charge < -0.3 is 37.2 Å². The molecule has 2 fully saturated rings. The normalized spacial score (nSPS) is 29.6. The van der Waals surface area contributed by atoms with Crippen molar-refractivity contribution in [2.75, 3.05) is 66.5 Å². The van der Waals surface area contributed by atoms with Crippen molar-refractivity contribution in [3.05, 3.63) is 0 Å². The molecule has 7 heteroatoms. The second-order valence-corrected chi connectivity index (χ2v) is 9.56. The van der Waals surface area contributed by atoms with Crippen LogP contribution in [0, 0.1) is 0 Å². The molecule has 0 aromatic heterocycles. The summed E-state index contributed by atoms with van der Waals surface area (Å²) in [4.78, 5) is 0. The first-order valence-electron chi connectivity index (χ1n) is 13.3. The quantitative estimate of drug-likeness (QED) is 0.253.